The zero-order valence-electron chi connectivity index (χ0n) is 13.8. The number of aliphatic hydroxyl groups is 1. The van der Waals surface area contributed by atoms with Gasteiger partial charge >= 0.3 is 0 Å². The molecule has 2 heterocycles. The molecule has 0 unspecified atom stereocenters. The van der Waals surface area contributed by atoms with E-state index in [0.29, 0.717) is 25.2 Å². The van der Waals surface area contributed by atoms with Crippen molar-refractivity contribution in [3.8, 4) is 0 Å². The number of nitrogens with one attached hydrogen (secondary N) is 1. The fraction of sp³-hybridized carbons (Fsp3) is 0.875. The second-order valence-electron chi connectivity index (χ2n) is 6.73. The summed E-state index contributed by atoms with van der Waals surface area (Å²) in [5.74, 6) is 0.0583. The van der Waals surface area contributed by atoms with Crippen LogP contribution in [0.3, 0.4) is 0 Å². The van der Waals surface area contributed by atoms with Gasteiger partial charge in [-0.15, -0.1) is 0 Å². The van der Waals surface area contributed by atoms with Crippen LogP contribution in [0.4, 0.5) is 0 Å². The number of carbonyl (C=O) groups excluding carboxylic acids is 2. The summed E-state index contributed by atoms with van der Waals surface area (Å²) in [4.78, 5) is 27.7. The van der Waals surface area contributed by atoms with Crippen molar-refractivity contribution in [2.24, 2.45) is 5.92 Å². The molecule has 0 atom stereocenters. The molecule has 22 heavy (non-hydrogen) atoms. The molecule has 0 radical (unpaired) electrons. The SMILES string of the molecule is CC(C)NC1CCN(C(=O)C2CCN(C(=O)CO)CC2)CC1. The van der Waals surface area contributed by atoms with Crippen molar-refractivity contribution >= 4 is 11.8 Å². The lowest BCUT2D eigenvalue weighted by Crippen LogP contribution is -2.50. The second kappa shape index (κ2) is 7.92. The van der Waals surface area contributed by atoms with Crippen LogP contribution in [0.15, 0.2) is 0 Å². The topological polar surface area (TPSA) is 72.9 Å². The van der Waals surface area contributed by atoms with Crippen LogP contribution in [-0.2, 0) is 9.59 Å². The van der Waals surface area contributed by atoms with Crippen LogP contribution < -0.4 is 5.32 Å². The highest BCUT2D eigenvalue weighted by atomic mass is 16.3. The Balaban J connectivity index is 1.76. The monoisotopic (exact) mass is 311 g/mol. The zero-order chi connectivity index (χ0) is 16.1. The van der Waals surface area contributed by atoms with Gasteiger partial charge in [0.2, 0.25) is 11.8 Å². The summed E-state index contributed by atoms with van der Waals surface area (Å²) >= 11 is 0. The Morgan fingerprint density at radius 3 is 2.09 bits per heavy atom. The predicted octanol–water partition coefficient (Wildman–Crippen LogP) is 0.206. The summed E-state index contributed by atoms with van der Waals surface area (Å²) in [6.07, 6.45) is 3.47. The fourth-order valence-electron chi connectivity index (χ4n) is 3.47. The zero-order valence-corrected chi connectivity index (χ0v) is 13.8. The minimum absolute atomic E-state index is 0.0392. The summed E-state index contributed by atoms with van der Waals surface area (Å²) in [5.41, 5.74) is 0. The van der Waals surface area contributed by atoms with Gasteiger partial charge in [-0.1, -0.05) is 13.8 Å². The first-order valence-electron chi connectivity index (χ1n) is 8.44. The molecule has 0 bridgehead atoms. The Bertz CT molecular complexity index is 384. The Hall–Kier alpha value is -1.14. The van der Waals surface area contributed by atoms with Gasteiger partial charge < -0.3 is 20.2 Å². The predicted molar refractivity (Wildman–Crippen MR) is 84.3 cm³/mol. The third-order valence-electron chi connectivity index (χ3n) is 4.71. The largest absolute Gasteiger partial charge is 0.387 e. The Labute approximate surface area is 132 Å². The highest BCUT2D eigenvalue weighted by molar-refractivity contribution is 5.80. The number of amides is 2. The molecule has 0 aromatic carbocycles. The third-order valence-corrected chi connectivity index (χ3v) is 4.71. The van der Waals surface area contributed by atoms with Gasteiger partial charge in [0, 0.05) is 44.2 Å². The number of likely N-dealkylation sites (tertiary alicyclic amines) is 2. The van der Waals surface area contributed by atoms with Crippen LogP contribution in [0.5, 0.6) is 0 Å². The molecule has 0 spiro atoms. The summed E-state index contributed by atoms with van der Waals surface area (Å²) in [5, 5.41) is 12.4. The average molecular weight is 311 g/mol. The minimum atomic E-state index is -0.436. The lowest BCUT2D eigenvalue weighted by Gasteiger charge is -2.37. The summed E-state index contributed by atoms with van der Waals surface area (Å²) in [7, 11) is 0. The maximum atomic E-state index is 12.6. The van der Waals surface area contributed by atoms with Gasteiger partial charge in [0.1, 0.15) is 6.61 Å². The van der Waals surface area contributed by atoms with E-state index < -0.39 is 6.61 Å². The van der Waals surface area contributed by atoms with Crippen LogP contribution in [0.2, 0.25) is 0 Å². The normalized spacial score (nSPS) is 21.5. The maximum absolute atomic E-state index is 12.6. The van der Waals surface area contributed by atoms with Crippen LogP contribution >= 0.6 is 0 Å². The van der Waals surface area contributed by atoms with Crippen molar-refractivity contribution in [2.75, 3.05) is 32.8 Å². The second-order valence-corrected chi connectivity index (χ2v) is 6.73. The van der Waals surface area contributed by atoms with E-state index in [0.717, 1.165) is 38.8 Å². The van der Waals surface area contributed by atoms with Crippen LogP contribution in [-0.4, -0.2) is 71.6 Å². The first-order valence-corrected chi connectivity index (χ1v) is 8.44. The van der Waals surface area contributed by atoms with Gasteiger partial charge in [0.25, 0.3) is 0 Å². The van der Waals surface area contributed by atoms with E-state index >= 15 is 0 Å². The van der Waals surface area contributed by atoms with Crippen LogP contribution in [0.1, 0.15) is 39.5 Å². The van der Waals surface area contributed by atoms with Crippen molar-refractivity contribution in [3.05, 3.63) is 0 Å². The Morgan fingerprint density at radius 2 is 1.59 bits per heavy atom. The van der Waals surface area contributed by atoms with E-state index in [9.17, 15) is 9.59 Å². The standard InChI is InChI=1S/C16H29N3O3/c1-12(2)17-14-5-9-19(10-6-14)16(22)13-3-7-18(8-4-13)15(21)11-20/h12-14,17,20H,3-11H2,1-2H3. The fourth-order valence-corrected chi connectivity index (χ4v) is 3.47. The Kier molecular flexibility index (Phi) is 6.20. The number of rotatable bonds is 4. The van der Waals surface area contributed by atoms with E-state index in [1.165, 1.54) is 0 Å². The van der Waals surface area contributed by atoms with E-state index in [-0.39, 0.29) is 17.7 Å². The van der Waals surface area contributed by atoms with E-state index in [4.69, 9.17) is 5.11 Å². The van der Waals surface area contributed by atoms with Crippen LogP contribution in [0.25, 0.3) is 0 Å². The molecule has 2 fully saturated rings. The lowest BCUT2D eigenvalue weighted by molar-refractivity contribution is -0.142. The van der Waals surface area contributed by atoms with E-state index in [1.807, 2.05) is 4.90 Å². The third kappa shape index (κ3) is 4.43. The molecule has 0 aromatic rings. The van der Waals surface area contributed by atoms with Gasteiger partial charge in [-0.3, -0.25) is 9.59 Å². The van der Waals surface area contributed by atoms with Gasteiger partial charge in [-0.2, -0.15) is 0 Å². The van der Waals surface area contributed by atoms with Crippen molar-refractivity contribution in [1.82, 2.24) is 15.1 Å². The molecule has 2 N–H and O–H groups in total. The molecule has 0 aromatic heterocycles. The highest BCUT2D eigenvalue weighted by Crippen LogP contribution is 2.22. The molecule has 2 aliphatic heterocycles. The quantitative estimate of drug-likeness (QED) is 0.778. The highest BCUT2D eigenvalue weighted by Gasteiger charge is 2.31. The first kappa shape index (κ1) is 17.2. The van der Waals surface area contributed by atoms with Crippen molar-refractivity contribution in [1.29, 1.82) is 0 Å². The first-order chi connectivity index (χ1) is 10.5. The molecule has 6 heteroatoms. The molecular formula is C16H29N3O3. The summed E-state index contributed by atoms with van der Waals surface area (Å²) < 4.78 is 0. The molecule has 2 aliphatic rings. The van der Waals surface area contributed by atoms with Gasteiger partial charge in [-0.05, 0) is 25.7 Å². The lowest BCUT2D eigenvalue weighted by atomic mass is 9.93. The smallest absolute Gasteiger partial charge is 0.248 e. The Morgan fingerprint density at radius 1 is 1.05 bits per heavy atom. The summed E-state index contributed by atoms with van der Waals surface area (Å²) in [6, 6.07) is 1.01. The number of nitrogens with zero attached hydrogens (tertiary/aromatic N) is 2. The molecule has 0 saturated carbocycles. The van der Waals surface area contributed by atoms with Crippen LogP contribution in [0, 0.1) is 5.92 Å². The molecular weight excluding hydrogens is 282 g/mol. The minimum Gasteiger partial charge on any atom is -0.387 e. The van der Waals surface area contributed by atoms with Crippen molar-refractivity contribution in [2.45, 2.75) is 51.6 Å². The number of piperidine rings is 2. The molecule has 6 nitrogen and oxygen atoms in total. The number of hydrogen-bond acceptors (Lipinski definition) is 4. The molecule has 0 aliphatic carbocycles. The van der Waals surface area contributed by atoms with Crippen molar-refractivity contribution < 1.29 is 14.7 Å². The number of carbonyl (C=O) groups is 2. The van der Waals surface area contributed by atoms with E-state index in [1.54, 1.807) is 4.90 Å². The summed E-state index contributed by atoms with van der Waals surface area (Å²) in [6.45, 7) is 6.70. The van der Waals surface area contributed by atoms with Gasteiger partial charge in [0.05, 0.1) is 0 Å². The van der Waals surface area contributed by atoms with Crippen molar-refractivity contribution in [3.63, 3.8) is 0 Å². The van der Waals surface area contributed by atoms with E-state index in [2.05, 4.69) is 19.2 Å². The van der Waals surface area contributed by atoms with Gasteiger partial charge in [-0.25, -0.2) is 0 Å². The molecule has 2 amide bonds. The average Bonchev–Trinajstić information content (AvgIpc) is 2.54. The number of hydrogen-bond donors (Lipinski definition) is 2. The molecule has 126 valence electrons. The maximum Gasteiger partial charge on any atom is 0.248 e. The molecule has 2 saturated heterocycles. The molecule has 2 rings (SSSR count). The van der Waals surface area contributed by atoms with Gasteiger partial charge in [0.15, 0.2) is 0 Å². The number of aliphatic hydroxyl groups excluding tert-OH is 1.